The molecule has 0 aliphatic carbocycles. The molecule has 0 unspecified atom stereocenters. The maximum Gasteiger partial charge on any atom is 0.416 e. The summed E-state index contributed by atoms with van der Waals surface area (Å²) in [5.74, 6) is 0.0353. The largest absolute Gasteiger partial charge is 0.505 e. The second-order valence-corrected chi connectivity index (χ2v) is 8.99. The minimum Gasteiger partial charge on any atom is -0.505 e. The first-order valence-corrected chi connectivity index (χ1v) is 9.05. The summed E-state index contributed by atoms with van der Waals surface area (Å²) in [6.45, 7) is 10.5. The van der Waals surface area contributed by atoms with Gasteiger partial charge < -0.3 is 5.11 Å². The molecule has 0 aliphatic heterocycles. The number of benzene rings is 2. The van der Waals surface area contributed by atoms with Crippen LogP contribution >= 0.6 is 0 Å². The van der Waals surface area contributed by atoms with Crippen LogP contribution in [0.4, 0.5) is 13.2 Å². The van der Waals surface area contributed by atoms with E-state index in [-0.39, 0.29) is 22.1 Å². The number of halogens is 3. The predicted molar refractivity (Wildman–Crippen MR) is 103 cm³/mol. The number of para-hydroxylation sites is 1. The molecule has 0 atom stereocenters. The molecule has 150 valence electrons. The first-order chi connectivity index (χ1) is 12.8. The Kier molecular flexibility index (Phi) is 4.68. The van der Waals surface area contributed by atoms with Crippen LogP contribution in [0.1, 0.15) is 52.2 Å². The topological polar surface area (TPSA) is 50.9 Å². The highest BCUT2D eigenvalue weighted by Gasteiger charge is 2.32. The highest BCUT2D eigenvalue weighted by molar-refractivity contribution is 5.75. The Morgan fingerprint density at radius 3 is 2.18 bits per heavy atom. The molecular formula is C21H24F3N3O. The zero-order valence-corrected chi connectivity index (χ0v) is 16.6. The Hall–Kier alpha value is -2.57. The molecule has 4 nitrogen and oxygen atoms in total. The number of hydrogen-bond acceptors (Lipinski definition) is 3. The van der Waals surface area contributed by atoms with Crippen molar-refractivity contribution in [3.8, 4) is 11.4 Å². The average Bonchev–Trinajstić information content (AvgIpc) is 2.94. The molecule has 1 aromatic heterocycles. The molecule has 3 aromatic rings. The molecule has 0 aliphatic rings. The van der Waals surface area contributed by atoms with Crippen LogP contribution in [0, 0.1) is 5.41 Å². The minimum absolute atomic E-state index is 0.0353. The smallest absolute Gasteiger partial charge is 0.416 e. The number of aromatic nitrogens is 3. The van der Waals surface area contributed by atoms with E-state index in [9.17, 15) is 18.3 Å². The molecule has 0 bridgehead atoms. The Bertz CT molecular complexity index is 1010. The molecule has 1 heterocycles. The lowest BCUT2D eigenvalue weighted by atomic mass is 9.72. The van der Waals surface area contributed by atoms with Crippen LogP contribution < -0.4 is 0 Å². The summed E-state index contributed by atoms with van der Waals surface area (Å²) in [6, 6.07) is 8.52. The third-order valence-electron chi connectivity index (χ3n) is 4.64. The summed E-state index contributed by atoms with van der Waals surface area (Å²) in [5, 5.41) is 19.3. The summed E-state index contributed by atoms with van der Waals surface area (Å²) in [4.78, 5) is 1.19. The summed E-state index contributed by atoms with van der Waals surface area (Å²) in [6.07, 6.45) is -3.61. The van der Waals surface area contributed by atoms with Gasteiger partial charge in [0, 0.05) is 5.56 Å². The molecule has 0 radical (unpaired) electrons. The first kappa shape index (κ1) is 20.2. The lowest BCUT2D eigenvalue weighted by Crippen LogP contribution is -2.25. The van der Waals surface area contributed by atoms with Crippen molar-refractivity contribution >= 4 is 11.0 Å². The number of hydrogen-bond donors (Lipinski definition) is 1. The normalized spacial score (nSPS) is 13.3. The van der Waals surface area contributed by atoms with E-state index in [1.807, 2.05) is 6.07 Å². The van der Waals surface area contributed by atoms with Crippen LogP contribution in [-0.2, 0) is 11.6 Å². The molecule has 2 aromatic carbocycles. The second kappa shape index (κ2) is 6.50. The number of alkyl halides is 3. The van der Waals surface area contributed by atoms with Gasteiger partial charge in [-0.05, 0) is 41.5 Å². The SMILES string of the molecule is CC(C)(C)CC(C)(C)c1cccc(-n2nc3ccc(C(F)(F)F)cc3n2)c1O. The quantitative estimate of drug-likeness (QED) is 0.608. The Labute approximate surface area is 162 Å². The zero-order valence-electron chi connectivity index (χ0n) is 16.6. The monoisotopic (exact) mass is 391 g/mol. The van der Waals surface area contributed by atoms with Crippen molar-refractivity contribution in [3.63, 3.8) is 0 Å². The van der Waals surface area contributed by atoms with Gasteiger partial charge in [-0.3, -0.25) is 0 Å². The number of phenolic OH excluding ortho intramolecular Hbond substituents is 1. The van der Waals surface area contributed by atoms with Gasteiger partial charge in [-0.2, -0.15) is 13.2 Å². The van der Waals surface area contributed by atoms with Gasteiger partial charge in [0.05, 0.1) is 5.56 Å². The summed E-state index contributed by atoms with van der Waals surface area (Å²) >= 11 is 0. The van der Waals surface area contributed by atoms with Gasteiger partial charge in [0.1, 0.15) is 22.5 Å². The predicted octanol–water partition coefficient (Wildman–Crippen LogP) is 5.86. The number of aromatic hydroxyl groups is 1. The van der Waals surface area contributed by atoms with E-state index in [2.05, 4.69) is 44.8 Å². The summed E-state index contributed by atoms with van der Waals surface area (Å²) < 4.78 is 38.8. The molecule has 0 saturated carbocycles. The maximum absolute atomic E-state index is 12.9. The van der Waals surface area contributed by atoms with Crippen LogP contribution in [0.15, 0.2) is 36.4 Å². The van der Waals surface area contributed by atoms with Crippen molar-refractivity contribution < 1.29 is 18.3 Å². The van der Waals surface area contributed by atoms with Crippen LogP contribution in [-0.4, -0.2) is 20.1 Å². The maximum atomic E-state index is 12.9. The molecule has 0 saturated heterocycles. The van der Waals surface area contributed by atoms with Crippen molar-refractivity contribution in [1.82, 2.24) is 15.0 Å². The fourth-order valence-corrected chi connectivity index (χ4v) is 3.86. The standard InChI is InChI=1S/C21H24F3N3O/c1-19(2,3)12-20(4,5)14-7-6-8-17(18(14)28)27-25-15-10-9-13(21(22,23)24)11-16(15)26-27/h6-11,28H,12H2,1-5H3. The van der Waals surface area contributed by atoms with Crippen molar-refractivity contribution in [2.45, 2.75) is 52.6 Å². The zero-order chi connectivity index (χ0) is 20.9. The fraction of sp³-hybridized carbons (Fsp3) is 0.429. The van der Waals surface area contributed by atoms with E-state index >= 15 is 0 Å². The van der Waals surface area contributed by atoms with E-state index in [0.29, 0.717) is 11.2 Å². The number of phenols is 1. The van der Waals surface area contributed by atoms with E-state index in [1.165, 1.54) is 10.9 Å². The van der Waals surface area contributed by atoms with Crippen molar-refractivity contribution in [2.24, 2.45) is 5.41 Å². The fourth-order valence-electron chi connectivity index (χ4n) is 3.86. The molecule has 3 rings (SSSR count). The van der Waals surface area contributed by atoms with Gasteiger partial charge in [-0.15, -0.1) is 15.0 Å². The Morgan fingerprint density at radius 1 is 0.929 bits per heavy atom. The molecule has 28 heavy (non-hydrogen) atoms. The van der Waals surface area contributed by atoms with Gasteiger partial charge in [0.25, 0.3) is 0 Å². The Morgan fingerprint density at radius 2 is 1.57 bits per heavy atom. The average molecular weight is 391 g/mol. The first-order valence-electron chi connectivity index (χ1n) is 9.05. The van der Waals surface area contributed by atoms with Gasteiger partial charge in [0.2, 0.25) is 0 Å². The molecule has 0 fully saturated rings. The van der Waals surface area contributed by atoms with Crippen molar-refractivity contribution in [2.75, 3.05) is 0 Å². The highest BCUT2D eigenvalue weighted by atomic mass is 19.4. The highest BCUT2D eigenvalue weighted by Crippen LogP contribution is 2.42. The van der Waals surface area contributed by atoms with Crippen LogP contribution in [0.5, 0.6) is 5.75 Å². The third kappa shape index (κ3) is 3.98. The van der Waals surface area contributed by atoms with Gasteiger partial charge in [-0.25, -0.2) is 0 Å². The number of fused-ring (bicyclic) bond motifs is 1. The Balaban J connectivity index is 2.07. The van der Waals surface area contributed by atoms with E-state index in [0.717, 1.165) is 24.1 Å². The number of rotatable bonds is 3. The van der Waals surface area contributed by atoms with Crippen LogP contribution in [0.2, 0.25) is 0 Å². The van der Waals surface area contributed by atoms with E-state index < -0.39 is 11.7 Å². The molecule has 7 heteroatoms. The van der Waals surface area contributed by atoms with Gasteiger partial charge in [0.15, 0.2) is 0 Å². The molecule has 0 amide bonds. The lowest BCUT2D eigenvalue weighted by Gasteiger charge is -2.33. The second-order valence-electron chi connectivity index (χ2n) is 8.99. The van der Waals surface area contributed by atoms with E-state index in [1.54, 1.807) is 12.1 Å². The van der Waals surface area contributed by atoms with E-state index in [4.69, 9.17) is 0 Å². The summed E-state index contributed by atoms with van der Waals surface area (Å²) in [5.41, 5.74) is 0.491. The molecular weight excluding hydrogens is 367 g/mol. The van der Waals surface area contributed by atoms with Gasteiger partial charge in [-0.1, -0.05) is 46.8 Å². The summed E-state index contributed by atoms with van der Waals surface area (Å²) in [7, 11) is 0. The number of nitrogens with zero attached hydrogens (tertiary/aromatic N) is 3. The van der Waals surface area contributed by atoms with Crippen molar-refractivity contribution in [1.29, 1.82) is 0 Å². The van der Waals surface area contributed by atoms with Crippen molar-refractivity contribution in [3.05, 3.63) is 47.5 Å². The lowest BCUT2D eigenvalue weighted by molar-refractivity contribution is -0.137. The van der Waals surface area contributed by atoms with Crippen LogP contribution in [0.25, 0.3) is 16.7 Å². The third-order valence-corrected chi connectivity index (χ3v) is 4.64. The van der Waals surface area contributed by atoms with Crippen LogP contribution in [0.3, 0.4) is 0 Å². The van der Waals surface area contributed by atoms with Gasteiger partial charge >= 0.3 is 6.18 Å². The molecule has 0 spiro atoms. The minimum atomic E-state index is -4.45. The molecule has 1 N–H and O–H groups in total.